The van der Waals surface area contributed by atoms with Crippen molar-refractivity contribution in [2.75, 3.05) is 31.1 Å². The number of benzene rings is 1. The van der Waals surface area contributed by atoms with Crippen LogP contribution in [0.4, 0.5) is 5.69 Å². The second-order valence-corrected chi connectivity index (χ2v) is 5.40. The topological polar surface area (TPSA) is 38.5 Å². The molecule has 0 aliphatic carbocycles. The Balaban J connectivity index is 2.08. The Labute approximate surface area is 120 Å². The first-order valence-electron chi connectivity index (χ1n) is 7.09. The van der Waals surface area contributed by atoms with E-state index < -0.39 is 0 Å². The Morgan fingerprint density at radius 2 is 2.32 bits per heavy atom. The molecule has 1 aliphatic heterocycles. The minimum Gasteiger partial charge on any atom is -0.377 e. The number of hydrogen-bond donors (Lipinski definition) is 1. The van der Waals surface area contributed by atoms with E-state index in [4.69, 9.17) is 22.1 Å². The summed E-state index contributed by atoms with van der Waals surface area (Å²) in [6.07, 6.45) is 3.51. The molecule has 0 amide bonds. The van der Waals surface area contributed by atoms with Gasteiger partial charge in [0, 0.05) is 19.7 Å². The van der Waals surface area contributed by atoms with E-state index in [1.54, 1.807) is 0 Å². The normalized spacial score (nSPS) is 19.7. The van der Waals surface area contributed by atoms with E-state index >= 15 is 0 Å². The number of rotatable bonds is 5. The van der Waals surface area contributed by atoms with Crippen LogP contribution in [0, 0.1) is 0 Å². The molecule has 4 heteroatoms. The first kappa shape index (κ1) is 14.6. The summed E-state index contributed by atoms with van der Waals surface area (Å²) < 4.78 is 5.74. The first-order valence-corrected chi connectivity index (χ1v) is 7.47. The smallest absolute Gasteiger partial charge is 0.0750 e. The monoisotopic (exact) mass is 282 g/mol. The Kier molecular flexibility index (Phi) is 5.49. The van der Waals surface area contributed by atoms with Crippen LogP contribution in [0.15, 0.2) is 18.2 Å². The summed E-state index contributed by atoms with van der Waals surface area (Å²) in [7, 11) is 0. The molecule has 0 spiro atoms. The molecule has 1 saturated heterocycles. The number of halogens is 1. The average Bonchev–Trinajstić information content (AvgIpc) is 2.40. The van der Waals surface area contributed by atoms with E-state index in [1.807, 2.05) is 13.0 Å². The molecule has 1 aromatic rings. The van der Waals surface area contributed by atoms with Crippen LogP contribution in [-0.2, 0) is 11.2 Å². The molecular weight excluding hydrogens is 260 g/mol. The van der Waals surface area contributed by atoms with E-state index in [9.17, 15) is 0 Å². The molecule has 3 nitrogen and oxygen atoms in total. The second kappa shape index (κ2) is 7.13. The van der Waals surface area contributed by atoms with Crippen molar-refractivity contribution in [2.45, 2.75) is 32.3 Å². The highest BCUT2D eigenvalue weighted by Gasteiger charge is 2.21. The van der Waals surface area contributed by atoms with Crippen molar-refractivity contribution in [3.8, 4) is 0 Å². The maximum absolute atomic E-state index is 6.40. The van der Waals surface area contributed by atoms with Crippen LogP contribution in [0.3, 0.4) is 0 Å². The van der Waals surface area contributed by atoms with E-state index in [2.05, 4.69) is 17.0 Å². The molecule has 0 aromatic heterocycles. The Bertz CT molecular complexity index is 409. The summed E-state index contributed by atoms with van der Waals surface area (Å²) >= 11 is 6.40. The SMILES string of the molecule is CCOC1CCCN(c2ccc(CCN)cc2Cl)C1. The quantitative estimate of drug-likeness (QED) is 0.902. The summed E-state index contributed by atoms with van der Waals surface area (Å²) in [6, 6.07) is 6.27. The Hall–Kier alpha value is -0.770. The molecule has 0 bridgehead atoms. The zero-order valence-corrected chi connectivity index (χ0v) is 12.3. The molecule has 1 atom stereocenters. The van der Waals surface area contributed by atoms with E-state index in [0.29, 0.717) is 12.6 Å². The third kappa shape index (κ3) is 3.85. The van der Waals surface area contributed by atoms with Crippen molar-refractivity contribution in [1.82, 2.24) is 0 Å². The van der Waals surface area contributed by atoms with Gasteiger partial charge in [0.1, 0.15) is 0 Å². The van der Waals surface area contributed by atoms with Crippen molar-refractivity contribution in [1.29, 1.82) is 0 Å². The molecule has 0 saturated carbocycles. The molecule has 0 radical (unpaired) electrons. The predicted octanol–water partition coefficient (Wildman–Crippen LogP) is 2.85. The van der Waals surface area contributed by atoms with Gasteiger partial charge in [-0.1, -0.05) is 17.7 Å². The summed E-state index contributed by atoms with van der Waals surface area (Å²) in [5.41, 5.74) is 7.89. The van der Waals surface area contributed by atoms with Gasteiger partial charge in [0.25, 0.3) is 0 Å². The van der Waals surface area contributed by atoms with Crippen LogP contribution >= 0.6 is 11.6 Å². The molecule has 2 rings (SSSR count). The largest absolute Gasteiger partial charge is 0.377 e. The Morgan fingerprint density at radius 1 is 1.47 bits per heavy atom. The van der Waals surface area contributed by atoms with Crippen molar-refractivity contribution >= 4 is 17.3 Å². The molecular formula is C15H23ClN2O. The number of nitrogens with zero attached hydrogens (tertiary/aromatic N) is 1. The average molecular weight is 283 g/mol. The van der Waals surface area contributed by atoms with Gasteiger partial charge in [0.15, 0.2) is 0 Å². The molecule has 1 aliphatic rings. The van der Waals surface area contributed by atoms with Gasteiger partial charge in [-0.05, 0) is 50.4 Å². The minimum atomic E-state index is 0.332. The summed E-state index contributed by atoms with van der Waals surface area (Å²) in [6.45, 7) is 5.48. The van der Waals surface area contributed by atoms with Gasteiger partial charge in [0.05, 0.1) is 16.8 Å². The van der Waals surface area contributed by atoms with Crippen LogP contribution in [0.5, 0.6) is 0 Å². The number of hydrogen-bond acceptors (Lipinski definition) is 3. The van der Waals surface area contributed by atoms with Gasteiger partial charge in [-0.25, -0.2) is 0 Å². The molecule has 106 valence electrons. The molecule has 1 unspecified atom stereocenters. The van der Waals surface area contributed by atoms with E-state index in [1.165, 1.54) is 5.56 Å². The predicted molar refractivity (Wildman–Crippen MR) is 81.1 cm³/mol. The van der Waals surface area contributed by atoms with Gasteiger partial charge in [-0.2, -0.15) is 0 Å². The maximum Gasteiger partial charge on any atom is 0.0750 e. The standard InChI is InChI=1S/C15H23ClN2O/c1-2-19-13-4-3-9-18(11-13)15-6-5-12(7-8-17)10-14(15)16/h5-6,10,13H,2-4,7-9,11,17H2,1H3. The zero-order valence-electron chi connectivity index (χ0n) is 11.6. The lowest BCUT2D eigenvalue weighted by Crippen LogP contribution is -2.39. The summed E-state index contributed by atoms with van der Waals surface area (Å²) in [5, 5.41) is 0.822. The lowest BCUT2D eigenvalue weighted by Gasteiger charge is -2.34. The maximum atomic E-state index is 6.40. The number of ether oxygens (including phenoxy) is 1. The molecule has 19 heavy (non-hydrogen) atoms. The lowest BCUT2D eigenvalue weighted by molar-refractivity contribution is 0.0527. The summed E-state index contributed by atoms with van der Waals surface area (Å²) in [5.74, 6) is 0. The highest BCUT2D eigenvalue weighted by atomic mass is 35.5. The molecule has 1 fully saturated rings. The highest BCUT2D eigenvalue weighted by molar-refractivity contribution is 6.33. The number of anilines is 1. The lowest BCUT2D eigenvalue weighted by atomic mass is 10.1. The Morgan fingerprint density at radius 3 is 3.00 bits per heavy atom. The zero-order chi connectivity index (χ0) is 13.7. The van der Waals surface area contributed by atoms with Crippen molar-refractivity contribution < 1.29 is 4.74 Å². The van der Waals surface area contributed by atoms with Gasteiger partial charge < -0.3 is 15.4 Å². The number of piperidine rings is 1. The van der Waals surface area contributed by atoms with Crippen LogP contribution in [-0.4, -0.2) is 32.3 Å². The van der Waals surface area contributed by atoms with E-state index in [0.717, 1.165) is 49.7 Å². The van der Waals surface area contributed by atoms with Crippen molar-refractivity contribution in [2.24, 2.45) is 5.73 Å². The van der Waals surface area contributed by atoms with Crippen molar-refractivity contribution in [3.05, 3.63) is 28.8 Å². The van der Waals surface area contributed by atoms with Crippen LogP contribution in [0.2, 0.25) is 5.02 Å². The molecule has 1 heterocycles. The third-order valence-electron chi connectivity index (χ3n) is 3.57. The first-order chi connectivity index (χ1) is 9.24. The summed E-state index contributed by atoms with van der Waals surface area (Å²) in [4.78, 5) is 2.33. The van der Waals surface area contributed by atoms with Crippen LogP contribution in [0.25, 0.3) is 0 Å². The fourth-order valence-electron chi connectivity index (χ4n) is 2.66. The van der Waals surface area contributed by atoms with Gasteiger partial charge in [0.2, 0.25) is 0 Å². The fraction of sp³-hybridized carbons (Fsp3) is 0.600. The fourth-order valence-corrected chi connectivity index (χ4v) is 2.98. The third-order valence-corrected chi connectivity index (χ3v) is 3.87. The second-order valence-electron chi connectivity index (χ2n) is 4.99. The van der Waals surface area contributed by atoms with E-state index in [-0.39, 0.29) is 0 Å². The minimum absolute atomic E-state index is 0.332. The highest BCUT2D eigenvalue weighted by Crippen LogP contribution is 2.29. The van der Waals surface area contributed by atoms with Crippen LogP contribution in [0.1, 0.15) is 25.3 Å². The van der Waals surface area contributed by atoms with Crippen molar-refractivity contribution in [3.63, 3.8) is 0 Å². The van der Waals surface area contributed by atoms with Gasteiger partial charge in [-0.3, -0.25) is 0 Å². The number of nitrogens with two attached hydrogens (primary N) is 1. The van der Waals surface area contributed by atoms with Gasteiger partial charge >= 0.3 is 0 Å². The molecule has 1 aromatic carbocycles. The van der Waals surface area contributed by atoms with Gasteiger partial charge in [-0.15, -0.1) is 0 Å². The van der Waals surface area contributed by atoms with Crippen LogP contribution < -0.4 is 10.6 Å². The molecule has 2 N–H and O–H groups in total.